The molecule has 4 heteroatoms. The second kappa shape index (κ2) is 8.90. The van der Waals surface area contributed by atoms with E-state index in [4.69, 9.17) is 14.2 Å². The lowest BCUT2D eigenvalue weighted by Gasteiger charge is -2.19. The summed E-state index contributed by atoms with van der Waals surface area (Å²) in [5.74, 6) is 1.53. The molecule has 1 rings (SSSR count). The van der Waals surface area contributed by atoms with Crippen LogP contribution in [0.15, 0.2) is 18.2 Å². The molecule has 1 aromatic carbocycles. The molecule has 120 valence electrons. The highest BCUT2D eigenvalue weighted by molar-refractivity contribution is 5.42. The highest BCUT2D eigenvalue weighted by Crippen LogP contribution is 2.28. The second-order valence-corrected chi connectivity index (χ2v) is 6.19. The Balaban J connectivity index is 2.53. The maximum Gasteiger partial charge on any atom is 0.161 e. The zero-order chi connectivity index (χ0) is 15.7. The van der Waals surface area contributed by atoms with Gasteiger partial charge in [0.15, 0.2) is 11.5 Å². The van der Waals surface area contributed by atoms with Crippen molar-refractivity contribution < 1.29 is 14.2 Å². The summed E-state index contributed by atoms with van der Waals surface area (Å²) in [5, 5.41) is 3.46. The minimum absolute atomic E-state index is 0.284. The van der Waals surface area contributed by atoms with Crippen LogP contribution >= 0.6 is 0 Å². The fourth-order valence-electron chi connectivity index (χ4n) is 1.88. The molecule has 0 bridgehead atoms. The first-order valence-electron chi connectivity index (χ1n) is 7.54. The quantitative estimate of drug-likeness (QED) is 0.710. The maximum absolute atomic E-state index is 5.67. The van der Waals surface area contributed by atoms with Crippen LogP contribution in [0.3, 0.4) is 0 Å². The molecule has 21 heavy (non-hydrogen) atoms. The number of benzene rings is 1. The highest BCUT2D eigenvalue weighted by atomic mass is 16.5. The van der Waals surface area contributed by atoms with E-state index in [-0.39, 0.29) is 5.41 Å². The second-order valence-electron chi connectivity index (χ2n) is 6.19. The minimum Gasteiger partial charge on any atom is -0.493 e. The van der Waals surface area contributed by atoms with Crippen LogP contribution in [0.2, 0.25) is 0 Å². The van der Waals surface area contributed by atoms with Crippen molar-refractivity contribution in [2.24, 2.45) is 5.41 Å². The summed E-state index contributed by atoms with van der Waals surface area (Å²) in [7, 11) is 1.66. The maximum atomic E-state index is 5.67. The van der Waals surface area contributed by atoms with Crippen LogP contribution in [0.1, 0.15) is 33.3 Å². The van der Waals surface area contributed by atoms with E-state index in [9.17, 15) is 0 Å². The highest BCUT2D eigenvalue weighted by Gasteiger charge is 2.10. The van der Waals surface area contributed by atoms with Crippen molar-refractivity contribution in [1.29, 1.82) is 0 Å². The molecule has 4 nitrogen and oxygen atoms in total. The molecular weight excluding hydrogens is 266 g/mol. The van der Waals surface area contributed by atoms with E-state index in [1.165, 1.54) is 5.56 Å². The predicted octanol–water partition coefficient (Wildman–Crippen LogP) is 3.25. The molecule has 0 saturated carbocycles. The molecule has 0 saturated heterocycles. The van der Waals surface area contributed by atoms with Crippen molar-refractivity contribution in [3.63, 3.8) is 0 Å². The number of ether oxygens (including phenoxy) is 3. The Morgan fingerprint density at radius 1 is 1.10 bits per heavy atom. The van der Waals surface area contributed by atoms with Crippen molar-refractivity contribution in [2.75, 3.05) is 33.5 Å². The standard InChI is InChI=1S/C17H29NO3/c1-6-20-9-10-21-15-8-7-14(11-16(15)19-5)12-18-13-17(2,3)4/h7-8,11,18H,6,9-10,12-13H2,1-5H3. The average Bonchev–Trinajstić information content (AvgIpc) is 2.43. The topological polar surface area (TPSA) is 39.7 Å². The van der Waals surface area contributed by atoms with Crippen molar-refractivity contribution in [2.45, 2.75) is 34.2 Å². The van der Waals surface area contributed by atoms with E-state index in [1.807, 2.05) is 19.1 Å². The van der Waals surface area contributed by atoms with Gasteiger partial charge < -0.3 is 19.5 Å². The molecule has 0 fully saturated rings. The van der Waals surface area contributed by atoms with Gasteiger partial charge in [-0.25, -0.2) is 0 Å². The molecule has 1 aromatic rings. The summed E-state index contributed by atoms with van der Waals surface area (Å²) < 4.78 is 16.3. The Labute approximate surface area is 128 Å². The fourth-order valence-corrected chi connectivity index (χ4v) is 1.88. The Bertz CT molecular complexity index is 413. The van der Waals surface area contributed by atoms with E-state index < -0.39 is 0 Å². The molecular formula is C17H29NO3. The molecule has 0 radical (unpaired) electrons. The Kier molecular flexibility index (Phi) is 7.54. The van der Waals surface area contributed by atoms with Crippen molar-refractivity contribution in [1.82, 2.24) is 5.32 Å². The summed E-state index contributed by atoms with van der Waals surface area (Å²) in [6.07, 6.45) is 0. The van der Waals surface area contributed by atoms with Gasteiger partial charge >= 0.3 is 0 Å². The number of hydrogen-bond acceptors (Lipinski definition) is 4. The van der Waals surface area contributed by atoms with Gasteiger partial charge in [0, 0.05) is 19.7 Å². The molecule has 0 heterocycles. The molecule has 0 atom stereocenters. The molecule has 0 aromatic heterocycles. The average molecular weight is 295 g/mol. The number of rotatable bonds is 9. The summed E-state index contributed by atoms with van der Waals surface area (Å²) >= 11 is 0. The van der Waals surface area contributed by atoms with Gasteiger partial charge in [-0.15, -0.1) is 0 Å². The molecule has 0 amide bonds. The number of hydrogen-bond donors (Lipinski definition) is 1. The van der Waals surface area contributed by atoms with Crippen molar-refractivity contribution in [3.8, 4) is 11.5 Å². The summed E-state index contributed by atoms with van der Waals surface area (Å²) in [6, 6.07) is 6.04. The van der Waals surface area contributed by atoms with Gasteiger partial charge in [0.25, 0.3) is 0 Å². The molecule has 0 aliphatic heterocycles. The van der Waals surface area contributed by atoms with Crippen LogP contribution in [0.25, 0.3) is 0 Å². The molecule has 1 N–H and O–H groups in total. The van der Waals surface area contributed by atoms with Crippen LogP contribution in [0.5, 0.6) is 11.5 Å². The summed E-state index contributed by atoms with van der Waals surface area (Å²) in [5.41, 5.74) is 1.47. The zero-order valence-corrected chi connectivity index (χ0v) is 14.0. The van der Waals surface area contributed by atoms with Crippen molar-refractivity contribution in [3.05, 3.63) is 23.8 Å². The van der Waals surface area contributed by atoms with E-state index in [2.05, 4.69) is 32.2 Å². The first kappa shape index (κ1) is 17.8. The minimum atomic E-state index is 0.284. The van der Waals surface area contributed by atoms with Crippen LogP contribution in [-0.2, 0) is 11.3 Å². The summed E-state index contributed by atoms with van der Waals surface area (Å²) in [6.45, 7) is 12.3. The monoisotopic (exact) mass is 295 g/mol. The van der Waals surface area contributed by atoms with E-state index in [0.29, 0.717) is 19.8 Å². The van der Waals surface area contributed by atoms with E-state index in [1.54, 1.807) is 7.11 Å². The first-order valence-corrected chi connectivity index (χ1v) is 7.54. The van der Waals surface area contributed by atoms with Gasteiger partial charge in [-0.05, 0) is 30.0 Å². The smallest absolute Gasteiger partial charge is 0.161 e. The number of nitrogens with one attached hydrogen (secondary N) is 1. The third-order valence-corrected chi connectivity index (χ3v) is 2.90. The van der Waals surface area contributed by atoms with E-state index >= 15 is 0 Å². The third kappa shape index (κ3) is 7.34. The van der Waals surface area contributed by atoms with E-state index in [0.717, 1.165) is 24.6 Å². The normalized spacial score (nSPS) is 11.5. The molecule has 0 spiro atoms. The fraction of sp³-hybridized carbons (Fsp3) is 0.647. The van der Waals surface area contributed by atoms with Crippen LogP contribution in [-0.4, -0.2) is 33.5 Å². The van der Waals surface area contributed by atoms with Crippen molar-refractivity contribution >= 4 is 0 Å². The van der Waals surface area contributed by atoms with Crippen LogP contribution in [0.4, 0.5) is 0 Å². The Morgan fingerprint density at radius 3 is 2.48 bits per heavy atom. The SMILES string of the molecule is CCOCCOc1ccc(CNCC(C)(C)C)cc1OC. The summed E-state index contributed by atoms with van der Waals surface area (Å²) in [4.78, 5) is 0. The zero-order valence-electron chi connectivity index (χ0n) is 14.0. The van der Waals surface area contributed by atoms with Crippen LogP contribution in [0, 0.1) is 5.41 Å². The van der Waals surface area contributed by atoms with Gasteiger partial charge in [-0.2, -0.15) is 0 Å². The lowest BCUT2D eigenvalue weighted by Crippen LogP contribution is -2.26. The largest absolute Gasteiger partial charge is 0.493 e. The Morgan fingerprint density at radius 2 is 1.86 bits per heavy atom. The lowest BCUT2D eigenvalue weighted by atomic mass is 9.97. The Hall–Kier alpha value is -1.26. The number of methoxy groups -OCH3 is 1. The predicted molar refractivity (Wildman–Crippen MR) is 86.1 cm³/mol. The molecule has 0 aliphatic rings. The first-order chi connectivity index (χ1) is 9.96. The van der Waals surface area contributed by atoms with Crippen LogP contribution < -0.4 is 14.8 Å². The molecule has 0 unspecified atom stereocenters. The lowest BCUT2D eigenvalue weighted by molar-refractivity contribution is 0.109. The molecule has 0 aliphatic carbocycles. The van der Waals surface area contributed by atoms with Gasteiger partial charge in [-0.3, -0.25) is 0 Å². The van der Waals surface area contributed by atoms with Gasteiger partial charge in [0.05, 0.1) is 13.7 Å². The third-order valence-electron chi connectivity index (χ3n) is 2.90. The van der Waals surface area contributed by atoms with Gasteiger partial charge in [0.2, 0.25) is 0 Å². The van der Waals surface area contributed by atoms with Gasteiger partial charge in [-0.1, -0.05) is 26.8 Å². The van der Waals surface area contributed by atoms with Gasteiger partial charge in [0.1, 0.15) is 6.61 Å².